The zero-order valence-electron chi connectivity index (χ0n) is 11.8. The normalized spacial score (nSPS) is 12.5. The zero-order chi connectivity index (χ0) is 14.8. The Balaban J connectivity index is 1.87. The number of benzene rings is 2. The Hall–Kier alpha value is -2.33. The number of aromatic nitrogens is 2. The molecular formula is C17H16FN3. The van der Waals surface area contributed by atoms with Gasteiger partial charge in [0.15, 0.2) is 0 Å². The molecule has 106 valence electrons. The number of aryl methyl sites for hydroxylation is 1. The van der Waals surface area contributed by atoms with Crippen LogP contribution in [0.3, 0.4) is 0 Å². The van der Waals surface area contributed by atoms with Gasteiger partial charge in [0.25, 0.3) is 0 Å². The number of hydrogen-bond donors (Lipinski definition) is 1. The van der Waals surface area contributed by atoms with Gasteiger partial charge in [-0.25, -0.2) is 9.37 Å². The van der Waals surface area contributed by atoms with E-state index in [4.69, 9.17) is 5.73 Å². The topological polar surface area (TPSA) is 51.8 Å². The minimum absolute atomic E-state index is 0.227. The molecule has 3 nitrogen and oxygen atoms in total. The lowest BCUT2D eigenvalue weighted by molar-refractivity contribution is 0.623. The molecule has 21 heavy (non-hydrogen) atoms. The van der Waals surface area contributed by atoms with E-state index in [1.54, 1.807) is 12.3 Å². The summed E-state index contributed by atoms with van der Waals surface area (Å²) in [5, 5.41) is 0. The van der Waals surface area contributed by atoms with Crippen LogP contribution in [0.15, 0.2) is 48.7 Å². The largest absolute Gasteiger partial charge is 0.322 e. The van der Waals surface area contributed by atoms with Gasteiger partial charge in [0.05, 0.1) is 29.0 Å². The summed E-state index contributed by atoms with van der Waals surface area (Å²) in [6.07, 6.45) is 2.32. The van der Waals surface area contributed by atoms with Crippen molar-refractivity contribution in [2.45, 2.75) is 19.4 Å². The van der Waals surface area contributed by atoms with E-state index in [0.29, 0.717) is 6.42 Å². The molecule has 1 unspecified atom stereocenters. The van der Waals surface area contributed by atoms with Crippen molar-refractivity contribution in [2.75, 3.05) is 0 Å². The minimum atomic E-state index is -0.258. The number of para-hydroxylation sites is 2. The lowest BCUT2D eigenvalue weighted by atomic mass is 10.00. The van der Waals surface area contributed by atoms with Crippen molar-refractivity contribution in [3.8, 4) is 0 Å². The molecule has 0 bridgehead atoms. The molecular weight excluding hydrogens is 265 g/mol. The Labute approximate surface area is 122 Å². The first kappa shape index (κ1) is 13.6. The van der Waals surface area contributed by atoms with Gasteiger partial charge in [0, 0.05) is 0 Å². The molecule has 0 aliphatic rings. The van der Waals surface area contributed by atoms with Crippen molar-refractivity contribution in [2.24, 2.45) is 5.73 Å². The Morgan fingerprint density at radius 2 is 1.90 bits per heavy atom. The van der Waals surface area contributed by atoms with Gasteiger partial charge in [0.2, 0.25) is 0 Å². The summed E-state index contributed by atoms with van der Waals surface area (Å²) in [5.41, 5.74) is 10.6. The lowest BCUT2D eigenvalue weighted by Gasteiger charge is -2.13. The summed E-state index contributed by atoms with van der Waals surface area (Å²) in [7, 11) is 0. The van der Waals surface area contributed by atoms with Gasteiger partial charge in [0.1, 0.15) is 5.82 Å². The maximum Gasteiger partial charge on any atom is 0.123 e. The number of fused-ring (bicyclic) bond motifs is 1. The predicted octanol–water partition coefficient (Wildman–Crippen LogP) is 3.32. The summed E-state index contributed by atoms with van der Waals surface area (Å²) < 4.78 is 13.1. The number of hydrogen-bond acceptors (Lipinski definition) is 3. The smallest absolute Gasteiger partial charge is 0.123 e. The summed E-state index contributed by atoms with van der Waals surface area (Å²) in [4.78, 5) is 8.93. The second-order valence-electron chi connectivity index (χ2n) is 5.17. The van der Waals surface area contributed by atoms with Gasteiger partial charge in [-0.2, -0.15) is 0 Å². The molecule has 1 aromatic heterocycles. The molecule has 1 atom stereocenters. The summed E-state index contributed by atoms with van der Waals surface area (Å²) in [6.45, 7) is 1.89. The van der Waals surface area contributed by atoms with Crippen LogP contribution in [0, 0.1) is 12.7 Å². The molecule has 0 aliphatic heterocycles. The van der Waals surface area contributed by atoms with Gasteiger partial charge in [-0.1, -0.05) is 18.2 Å². The molecule has 0 saturated carbocycles. The third-order valence-electron chi connectivity index (χ3n) is 3.59. The molecule has 0 radical (unpaired) electrons. The fourth-order valence-electron chi connectivity index (χ4n) is 2.38. The lowest BCUT2D eigenvalue weighted by Crippen LogP contribution is -2.16. The highest BCUT2D eigenvalue weighted by Gasteiger charge is 2.12. The molecule has 0 fully saturated rings. The van der Waals surface area contributed by atoms with Gasteiger partial charge < -0.3 is 5.73 Å². The van der Waals surface area contributed by atoms with Crippen LogP contribution in [0.5, 0.6) is 0 Å². The van der Waals surface area contributed by atoms with E-state index in [2.05, 4.69) is 9.97 Å². The zero-order valence-corrected chi connectivity index (χ0v) is 11.8. The highest BCUT2D eigenvalue weighted by atomic mass is 19.1. The third-order valence-corrected chi connectivity index (χ3v) is 3.59. The molecule has 2 aromatic carbocycles. The summed E-state index contributed by atoms with van der Waals surface area (Å²) >= 11 is 0. The van der Waals surface area contributed by atoms with Gasteiger partial charge in [-0.3, -0.25) is 4.98 Å². The van der Waals surface area contributed by atoms with Crippen LogP contribution in [-0.2, 0) is 6.42 Å². The Bertz CT molecular complexity index is 786. The molecule has 3 aromatic rings. The quantitative estimate of drug-likeness (QED) is 0.801. The van der Waals surface area contributed by atoms with Crippen LogP contribution in [0.4, 0.5) is 4.39 Å². The number of nitrogens with zero attached hydrogens (tertiary/aromatic N) is 2. The van der Waals surface area contributed by atoms with Crippen LogP contribution in [0.2, 0.25) is 0 Å². The van der Waals surface area contributed by atoms with Crippen LogP contribution in [0.25, 0.3) is 11.0 Å². The first-order valence-electron chi connectivity index (χ1n) is 6.86. The Morgan fingerprint density at radius 3 is 2.67 bits per heavy atom. The molecule has 1 heterocycles. The molecule has 0 spiro atoms. The molecule has 0 saturated heterocycles. The maximum absolute atomic E-state index is 13.1. The fourth-order valence-corrected chi connectivity index (χ4v) is 2.38. The third kappa shape index (κ3) is 2.90. The maximum atomic E-state index is 13.1. The first-order valence-corrected chi connectivity index (χ1v) is 6.86. The van der Waals surface area contributed by atoms with Gasteiger partial charge >= 0.3 is 0 Å². The number of halogens is 1. The first-order chi connectivity index (χ1) is 10.1. The van der Waals surface area contributed by atoms with Crippen molar-refractivity contribution in [3.05, 3.63) is 71.3 Å². The Kier molecular flexibility index (Phi) is 3.62. The van der Waals surface area contributed by atoms with E-state index >= 15 is 0 Å². The minimum Gasteiger partial charge on any atom is -0.322 e. The number of rotatable bonds is 3. The molecule has 0 amide bonds. The van der Waals surface area contributed by atoms with E-state index in [1.807, 2.05) is 31.2 Å². The monoisotopic (exact) mass is 281 g/mol. The fraction of sp³-hybridized carbons (Fsp3) is 0.176. The second kappa shape index (κ2) is 5.58. The molecule has 2 N–H and O–H groups in total. The average Bonchev–Trinajstić information content (AvgIpc) is 2.49. The predicted molar refractivity (Wildman–Crippen MR) is 81.3 cm³/mol. The molecule has 4 heteroatoms. The van der Waals surface area contributed by atoms with E-state index in [9.17, 15) is 4.39 Å². The molecule has 0 aliphatic carbocycles. The Morgan fingerprint density at radius 1 is 1.14 bits per heavy atom. The molecule has 3 rings (SSSR count). The SMILES string of the molecule is Cc1cc(F)ccc1CC(N)c1cnc2ccccc2n1. The van der Waals surface area contributed by atoms with Gasteiger partial charge in [-0.05, 0) is 48.7 Å². The van der Waals surface area contributed by atoms with E-state index in [0.717, 1.165) is 27.9 Å². The van der Waals surface area contributed by atoms with Crippen molar-refractivity contribution in [3.63, 3.8) is 0 Å². The van der Waals surface area contributed by atoms with Crippen molar-refractivity contribution >= 4 is 11.0 Å². The van der Waals surface area contributed by atoms with Crippen LogP contribution >= 0.6 is 0 Å². The van der Waals surface area contributed by atoms with E-state index in [1.165, 1.54) is 12.1 Å². The van der Waals surface area contributed by atoms with Crippen LogP contribution in [-0.4, -0.2) is 9.97 Å². The average molecular weight is 281 g/mol. The van der Waals surface area contributed by atoms with Crippen molar-refractivity contribution < 1.29 is 4.39 Å². The van der Waals surface area contributed by atoms with E-state index < -0.39 is 0 Å². The number of nitrogens with two attached hydrogens (primary N) is 1. The summed E-state index contributed by atoms with van der Waals surface area (Å²) in [6, 6.07) is 12.2. The second-order valence-corrected chi connectivity index (χ2v) is 5.17. The highest BCUT2D eigenvalue weighted by molar-refractivity contribution is 5.73. The van der Waals surface area contributed by atoms with E-state index in [-0.39, 0.29) is 11.9 Å². The van der Waals surface area contributed by atoms with Crippen molar-refractivity contribution in [1.29, 1.82) is 0 Å². The van der Waals surface area contributed by atoms with Crippen LogP contribution < -0.4 is 5.73 Å². The highest BCUT2D eigenvalue weighted by Crippen LogP contribution is 2.19. The summed E-state index contributed by atoms with van der Waals surface area (Å²) in [5.74, 6) is -0.227. The van der Waals surface area contributed by atoms with Crippen LogP contribution in [0.1, 0.15) is 22.9 Å². The standard InChI is InChI=1S/C17H16FN3/c1-11-8-13(18)7-6-12(11)9-14(19)17-10-20-15-4-2-3-5-16(15)21-17/h2-8,10,14H,9,19H2,1H3. The van der Waals surface area contributed by atoms with Gasteiger partial charge in [-0.15, -0.1) is 0 Å². The van der Waals surface area contributed by atoms with Crippen molar-refractivity contribution in [1.82, 2.24) is 9.97 Å².